The number of aromatic nitrogens is 3. The Morgan fingerprint density at radius 2 is 1.56 bits per heavy atom. The summed E-state index contributed by atoms with van der Waals surface area (Å²) in [5, 5.41) is 14.5. The first kappa shape index (κ1) is 18.4. The van der Waals surface area contributed by atoms with E-state index >= 15 is 0 Å². The lowest BCUT2D eigenvalue weighted by molar-refractivity contribution is 0.354. The fraction of sp³-hybridized carbons (Fsp3) is 0.250. The van der Waals surface area contributed by atoms with E-state index in [0.717, 1.165) is 5.56 Å². The van der Waals surface area contributed by atoms with Crippen LogP contribution in [0.3, 0.4) is 0 Å². The number of aryl methyl sites for hydroxylation is 1. The number of anilines is 2. The Balaban J connectivity index is 1.59. The van der Waals surface area contributed by atoms with E-state index in [1.807, 2.05) is 18.2 Å². The lowest BCUT2D eigenvalue weighted by atomic mass is 10.1. The van der Waals surface area contributed by atoms with Crippen molar-refractivity contribution in [3.8, 4) is 11.5 Å². The number of ether oxygens (including phenoxy) is 2. The molecule has 0 aliphatic heterocycles. The molecule has 140 valence electrons. The molecular weight excluding hydrogens is 342 g/mol. The molecule has 1 heterocycles. The number of hydrogen-bond acceptors (Lipinski definition) is 7. The number of benzene rings is 2. The van der Waals surface area contributed by atoms with Crippen LogP contribution in [0.5, 0.6) is 11.5 Å². The SMILES string of the molecule is COc1ccc(CNc2nncc(NCc3ccc(C)cc3)n2)cc1OC. The van der Waals surface area contributed by atoms with Crippen LogP contribution in [-0.4, -0.2) is 29.4 Å². The predicted octanol–water partition coefficient (Wildman–Crippen LogP) is 3.42. The van der Waals surface area contributed by atoms with Crippen LogP contribution in [-0.2, 0) is 13.1 Å². The van der Waals surface area contributed by atoms with Gasteiger partial charge in [-0.3, -0.25) is 0 Å². The zero-order valence-electron chi connectivity index (χ0n) is 15.7. The first-order chi connectivity index (χ1) is 13.2. The van der Waals surface area contributed by atoms with Crippen LogP contribution in [0, 0.1) is 6.92 Å². The lowest BCUT2D eigenvalue weighted by Gasteiger charge is -2.11. The molecule has 7 heteroatoms. The maximum Gasteiger partial charge on any atom is 0.244 e. The van der Waals surface area contributed by atoms with Gasteiger partial charge < -0.3 is 20.1 Å². The summed E-state index contributed by atoms with van der Waals surface area (Å²) in [5.41, 5.74) is 3.44. The second-order valence-electron chi connectivity index (χ2n) is 6.05. The second-order valence-corrected chi connectivity index (χ2v) is 6.05. The van der Waals surface area contributed by atoms with E-state index in [4.69, 9.17) is 9.47 Å². The van der Waals surface area contributed by atoms with Crippen LogP contribution >= 0.6 is 0 Å². The largest absolute Gasteiger partial charge is 0.493 e. The van der Waals surface area contributed by atoms with E-state index in [1.165, 1.54) is 11.1 Å². The van der Waals surface area contributed by atoms with Crippen molar-refractivity contribution in [3.63, 3.8) is 0 Å². The van der Waals surface area contributed by atoms with Crippen LogP contribution in [0.1, 0.15) is 16.7 Å². The standard InChI is InChI=1S/C20H23N5O2/c1-14-4-6-15(7-5-14)11-21-19-13-23-25-20(24-19)22-12-16-8-9-17(26-2)18(10-16)27-3/h4-10,13H,11-12H2,1-3H3,(H2,21,22,24,25). The molecule has 0 spiro atoms. The molecule has 1 aromatic heterocycles. The lowest BCUT2D eigenvalue weighted by Crippen LogP contribution is -2.08. The average Bonchev–Trinajstić information content (AvgIpc) is 2.72. The highest BCUT2D eigenvalue weighted by Gasteiger charge is 2.06. The van der Waals surface area contributed by atoms with E-state index in [2.05, 4.69) is 57.0 Å². The maximum absolute atomic E-state index is 5.32. The zero-order chi connectivity index (χ0) is 19.1. The minimum absolute atomic E-state index is 0.457. The predicted molar refractivity (Wildman–Crippen MR) is 105 cm³/mol. The Hall–Kier alpha value is -3.35. The van der Waals surface area contributed by atoms with Gasteiger partial charge in [0.15, 0.2) is 17.3 Å². The molecule has 0 amide bonds. The molecule has 0 aliphatic carbocycles. The molecule has 2 aromatic carbocycles. The number of nitrogens with one attached hydrogen (secondary N) is 2. The van der Waals surface area contributed by atoms with Crippen molar-refractivity contribution in [1.82, 2.24) is 15.2 Å². The van der Waals surface area contributed by atoms with Crippen LogP contribution in [0.4, 0.5) is 11.8 Å². The second kappa shape index (κ2) is 8.84. The van der Waals surface area contributed by atoms with Crippen molar-refractivity contribution in [2.45, 2.75) is 20.0 Å². The molecule has 0 fully saturated rings. The third-order valence-corrected chi connectivity index (χ3v) is 4.05. The Morgan fingerprint density at radius 3 is 2.30 bits per heavy atom. The smallest absolute Gasteiger partial charge is 0.244 e. The highest BCUT2D eigenvalue weighted by molar-refractivity contribution is 5.44. The van der Waals surface area contributed by atoms with Gasteiger partial charge in [0, 0.05) is 13.1 Å². The highest BCUT2D eigenvalue weighted by Crippen LogP contribution is 2.27. The summed E-state index contributed by atoms with van der Waals surface area (Å²) in [6.45, 7) is 3.29. The third-order valence-electron chi connectivity index (χ3n) is 4.05. The molecule has 0 saturated heterocycles. The Kier molecular flexibility index (Phi) is 6.04. The van der Waals surface area contributed by atoms with E-state index in [9.17, 15) is 0 Å². The van der Waals surface area contributed by atoms with Gasteiger partial charge in [-0.05, 0) is 30.2 Å². The van der Waals surface area contributed by atoms with Gasteiger partial charge in [-0.1, -0.05) is 35.9 Å². The molecule has 2 N–H and O–H groups in total. The van der Waals surface area contributed by atoms with Gasteiger partial charge in [0.2, 0.25) is 5.95 Å². The zero-order valence-corrected chi connectivity index (χ0v) is 15.7. The Labute approximate surface area is 158 Å². The van der Waals surface area contributed by atoms with Crippen molar-refractivity contribution in [2.24, 2.45) is 0 Å². The third kappa shape index (κ3) is 5.07. The van der Waals surface area contributed by atoms with Gasteiger partial charge in [-0.2, -0.15) is 10.1 Å². The minimum atomic E-state index is 0.457. The molecule has 27 heavy (non-hydrogen) atoms. The quantitative estimate of drug-likeness (QED) is 0.633. The van der Waals surface area contributed by atoms with Gasteiger partial charge in [-0.15, -0.1) is 5.10 Å². The number of nitrogens with zero attached hydrogens (tertiary/aromatic N) is 3. The van der Waals surface area contributed by atoms with Crippen molar-refractivity contribution < 1.29 is 9.47 Å². The molecule has 0 unspecified atom stereocenters. The summed E-state index contributed by atoms with van der Waals surface area (Å²) in [5.74, 6) is 2.50. The van der Waals surface area contributed by atoms with Crippen molar-refractivity contribution in [2.75, 3.05) is 24.9 Å². The fourth-order valence-corrected chi connectivity index (χ4v) is 2.53. The van der Waals surface area contributed by atoms with E-state index < -0.39 is 0 Å². The topological polar surface area (TPSA) is 81.2 Å². The van der Waals surface area contributed by atoms with Crippen molar-refractivity contribution in [3.05, 3.63) is 65.4 Å². The Bertz CT molecular complexity index is 884. The summed E-state index contributed by atoms with van der Waals surface area (Å²) in [4.78, 5) is 4.44. The molecule has 3 aromatic rings. The molecular formula is C20H23N5O2. The minimum Gasteiger partial charge on any atom is -0.493 e. The molecule has 0 radical (unpaired) electrons. The van der Waals surface area contributed by atoms with Gasteiger partial charge in [-0.25, -0.2) is 0 Å². The monoisotopic (exact) mass is 365 g/mol. The molecule has 7 nitrogen and oxygen atoms in total. The van der Waals surface area contributed by atoms with Crippen LogP contribution in [0.15, 0.2) is 48.7 Å². The van der Waals surface area contributed by atoms with E-state index in [1.54, 1.807) is 20.4 Å². The summed E-state index contributed by atoms with van der Waals surface area (Å²) >= 11 is 0. The summed E-state index contributed by atoms with van der Waals surface area (Å²) < 4.78 is 10.6. The average molecular weight is 365 g/mol. The van der Waals surface area contributed by atoms with Crippen LogP contribution in [0.2, 0.25) is 0 Å². The number of rotatable bonds is 8. The Morgan fingerprint density at radius 1 is 0.852 bits per heavy atom. The fourth-order valence-electron chi connectivity index (χ4n) is 2.53. The molecule has 0 atom stereocenters. The summed E-state index contributed by atoms with van der Waals surface area (Å²) in [7, 11) is 3.23. The van der Waals surface area contributed by atoms with Gasteiger partial charge in [0.25, 0.3) is 0 Å². The maximum atomic E-state index is 5.32. The van der Waals surface area contributed by atoms with E-state index in [-0.39, 0.29) is 0 Å². The normalized spacial score (nSPS) is 10.3. The number of hydrogen-bond donors (Lipinski definition) is 2. The number of methoxy groups -OCH3 is 2. The van der Waals surface area contributed by atoms with Gasteiger partial charge in [0.1, 0.15) is 0 Å². The summed E-state index contributed by atoms with van der Waals surface area (Å²) in [6.07, 6.45) is 1.61. The van der Waals surface area contributed by atoms with Gasteiger partial charge >= 0.3 is 0 Å². The first-order valence-corrected chi connectivity index (χ1v) is 8.62. The van der Waals surface area contributed by atoms with Crippen molar-refractivity contribution in [1.29, 1.82) is 0 Å². The molecule has 0 bridgehead atoms. The van der Waals surface area contributed by atoms with Crippen molar-refractivity contribution >= 4 is 11.8 Å². The highest BCUT2D eigenvalue weighted by atomic mass is 16.5. The molecule has 0 saturated carbocycles. The first-order valence-electron chi connectivity index (χ1n) is 8.62. The van der Waals surface area contributed by atoms with E-state index in [0.29, 0.717) is 36.4 Å². The van der Waals surface area contributed by atoms with Gasteiger partial charge in [0.05, 0.1) is 20.4 Å². The molecule has 0 aliphatic rings. The van der Waals surface area contributed by atoms with Crippen LogP contribution in [0.25, 0.3) is 0 Å². The summed E-state index contributed by atoms with van der Waals surface area (Å²) in [6, 6.07) is 14.1. The molecule has 3 rings (SSSR count). The van der Waals surface area contributed by atoms with Crippen LogP contribution < -0.4 is 20.1 Å².